The lowest BCUT2D eigenvalue weighted by Gasteiger charge is -2.36. The molecule has 0 radical (unpaired) electrons. The van der Waals surface area contributed by atoms with Crippen LogP contribution in [0.15, 0.2) is 0 Å². The number of morpholine rings is 1. The van der Waals surface area contributed by atoms with Gasteiger partial charge in [0.05, 0.1) is 24.7 Å². The van der Waals surface area contributed by atoms with Gasteiger partial charge in [0.2, 0.25) is 5.91 Å². The maximum Gasteiger partial charge on any atom is 0.310 e. The lowest BCUT2D eigenvalue weighted by Crippen LogP contribution is -2.49. The second-order valence-corrected chi connectivity index (χ2v) is 4.98. The van der Waals surface area contributed by atoms with Crippen LogP contribution >= 0.6 is 0 Å². The second kappa shape index (κ2) is 6.18. The lowest BCUT2D eigenvalue weighted by atomic mass is 9.79. The van der Waals surface area contributed by atoms with Gasteiger partial charge in [-0.2, -0.15) is 0 Å². The smallest absolute Gasteiger partial charge is 0.310 e. The number of aliphatic carboxylic acids is 1. The minimum atomic E-state index is -0.922. The van der Waals surface area contributed by atoms with E-state index in [2.05, 4.69) is 0 Å². The average molecular weight is 257 g/mol. The summed E-state index contributed by atoms with van der Waals surface area (Å²) in [6.45, 7) is 7.21. The number of carboxylic acid groups (broad SMARTS) is 1. The fraction of sp³-hybridized carbons (Fsp3) is 0.846. The van der Waals surface area contributed by atoms with Gasteiger partial charge in [0.15, 0.2) is 0 Å². The minimum absolute atomic E-state index is 0.0338. The Labute approximate surface area is 108 Å². The van der Waals surface area contributed by atoms with E-state index in [-0.39, 0.29) is 18.4 Å². The van der Waals surface area contributed by atoms with E-state index in [9.17, 15) is 14.7 Å². The van der Waals surface area contributed by atoms with Gasteiger partial charge in [0.1, 0.15) is 0 Å². The summed E-state index contributed by atoms with van der Waals surface area (Å²) >= 11 is 0. The molecule has 0 saturated carbocycles. The van der Waals surface area contributed by atoms with Crippen LogP contribution in [-0.2, 0) is 14.3 Å². The summed E-state index contributed by atoms with van der Waals surface area (Å²) in [6, 6.07) is 0.0338. The number of hydrogen-bond donors (Lipinski definition) is 1. The fourth-order valence-electron chi connectivity index (χ4n) is 2.37. The third-order valence-corrected chi connectivity index (χ3v) is 3.98. The Morgan fingerprint density at radius 3 is 2.44 bits per heavy atom. The van der Waals surface area contributed by atoms with Gasteiger partial charge in [-0.3, -0.25) is 9.59 Å². The average Bonchev–Trinajstić information content (AvgIpc) is 2.36. The first-order chi connectivity index (χ1) is 8.46. The van der Waals surface area contributed by atoms with Gasteiger partial charge in [0.25, 0.3) is 0 Å². The number of carbonyl (C=O) groups is 2. The van der Waals surface area contributed by atoms with E-state index < -0.39 is 11.4 Å². The van der Waals surface area contributed by atoms with Gasteiger partial charge in [-0.15, -0.1) is 0 Å². The van der Waals surface area contributed by atoms with E-state index in [0.29, 0.717) is 32.6 Å². The van der Waals surface area contributed by atoms with Crippen molar-refractivity contribution in [1.82, 2.24) is 4.90 Å². The van der Waals surface area contributed by atoms with Crippen LogP contribution in [0, 0.1) is 5.41 Å². The van der Waals surface area contributed by atoms with E-state index in [1.54, 1.807) is 4.90 Å². The SMILES string of the molecule is CCC(CC)(CC(=O)N1CCOCC1C)C(=O)O. The van der Waals surface area contributed by atoms with Gasteiger partial charge in [-0.25, -0.2) is 0 Å². The molecule has 18 heavy (non-hydrogen) atoms. The molecule has 1 saturated heterocycles. The topological polar surface area (TPSA) is 66.8 Å². The molecule has 0 spiro atoms. The monoisotopic (exact) mass is 257 g/mol. The summed E-state index contributed by atoms with van der Waals surface area (Å²) in [7, 11) is 0. The Balaban J connectivity index is 2.75. The molecule has 1 fully saturated rings. The molecule has 0 aliphatic carbocycles. The van der Waals surface area contributed by atoms with Gasteiger partial charge < -0.3 is 14.7 Å². The van der Waals surface area contributed by atoms with Crippen molar-refractivity contribution in [3.8, 4) is 0 Å². The van der Waals surface area contributed by atoms with Crippen LogP contribution in [0.5, 0.6) is 0 Å². The summed E-state index contributed by atoms with van der Waals surface area (Å²) in [5.74, 6) is -0.946. The molecule has 0 bridgehead atoms. The summed E-state index contributed by atoms with van der Waals surface area (Å²) in [6.07, 6.45) is 1.03. The Kier molecular flexibility index (Phi) is 5.14. The Hall–Kier alpha value is -1.10. The maximum absolute atomic E-state index is 12.3. The van der Waals surface area contributed by atoms with Crippen LogP contribution < -0.4 is 0 Å². The molecule has 0 aromatic heterocycles. The molecule has 0 aromatic carbocycles. The highest BCUT2D eigenvalue weighted by Gasteiger charge is 2.39. The van der Waals surface area contributed by atoms with E-state index in [4.69, 9.17) is 4.74 Å². The van der Waals surface area contributed by atoms with Crippen LogP contribution in [0.1, 0.15) is 40.0 Å². The maximum atomic E-state index is 12.3. The van der Waals surface area contributed by atoms with Crippen molar-refractivity contribution in [2.75, 3.05) is 19.8 Å². The lowest BCUT2D eigenvalue weighted by molar-refractivity contribution is -0.156. The highest BCUT2D eigenvalue weighted by molar-refractivity contribution is 5.85. The van der Waals surface area contributed by atoms with Crippen LogP contribution in [-0.4, -0.2) is 47.7 Å². The third-order valence-electron chi connectivity index (χ3n) is 3.98. The normalized spacial score (nSPS) is 20.8. The summed E-state index contributed by atoms with van der Waals surface area (Å²) in [4.78, 5) is 25.4. The van der Waals surface area contributed by atoms with Gasteiger partial charge in [-0.1, -0.05) is 13.8 Å². The van der Waals surface area contributed by atoms with Crippen LogP contribution in [0.2, 0.25) is 0 Å². The number of hydrogen-bond acceptors (Lipinski definition) is 3. The van der Waals surface area contributed by atoms with Crippen molar-refractivity contribution in [2.45, 2.75) is 46.1 Å². The first-order valence-corrected chi connectivity index (χ1v) is 6.57. The van der Waals surface area contributed by atoms with Crippen molar-refractivity contribution in [3.05, 3.63) is 0 Å². The molecular formula is C13H23NO4. The van der Waals surface area contributed by atoms with Crippen LogP contribution in [0.3, 0.4) is 0 Å². The Morgan fingerprint density at radius 2 is 2.00 bits per heavy atom. The molecule has 1 atom stereocenters. The molecular weight excluding hydrogens is 234 g/mol. The van der Waals surface area contributed by atoms with Crippen molar-refractivity contribution >= 4 is 11.9 Å². The molecule has 1 amide bonds. The number of nitrogens with zero attached hydrogens (tertiary/aromatic N) is 1. The van der Waals surface area contributed by atoms with Crippen molar-refractivity contribution in [3.63, 3.8) is 0 Å². The Morgan fingerprint density at radius 1 is 1.39 bits per heavy atom. The van der Waals surface area contributed by atoms with Gasteiger partial charge in [-0.05, 0) is 19.8 Å². The predicted molar refractivity (Wildman–Crippen MR) is 67.3 cm³/mol. The molecule has 1 heterocycles. The van der Waals surface area contributed by atoms with Crippen LogP contribution in [0.25, 0.3) is 0 Å². The number of carbonyl (C=O) groups excluding carboxylic acids is 1. The first-order valence-electron chi connectivity index (χ1n) is 6.57. The fourth-order valence-corrected chi connectivity index (χ4v) is 2.37. The Bertz CT molecular complexity index is 312. The van der Waals surface area contributed by atoms with Gasteiger partial charge >= 0.3 is 5.97 Å². The largest absolute Gasteiger partial charge is 0.481 e. The van der Waals surface area contributed by atoms with Crippen LogP contribution in [0.4, 0.5) is 0 Å². The first kappa shape index (κ1) is 15.0. The molecule has 0 aromatic rings. The molecule has 1 N–H and O–H groups in total. The summed E-state index contributed by atoms with van der Waals surface area (Å²) in [5, 5.41) is 9.34. The minimum Gasteiger partial charge on any atom is -0.481 e. The zero-order valence-electron chi connectivity index (χ0n) is 11.4. The molecule has 1 unspecified atom stereocenters. The molecule has 1 rings (SSSR count). The second-order valence-electron chi connectivity index (χ2n) is 4.98. The van der Waals surface area contributed by atoms with Gasteiger partial charge in [0, 0.05) is 13.0 Å². The van der Waals surface area contributed by atoms with E-state index >= 15 is 0 Å². The molecule has 5 heteroatoms. The van der Waals surface area contributed by atoms with E-state index in [1.165, 1.54) is 0 Å². The van der Waals surface area contributed by atoms with Crippen molar-refractivity contribution < 1.29 is 19.4 Å². The van der Waals surface area contributed by atoms with Crippen molar-refractivity contribution in [1.29, 1.82) is 0 Å². The quantitative estimate of drug-likeness (QED) is 0.810. The molecule has 5 nitrogen and oxygen atoms in total. The summed E-state index contributed by atoms with van der Waals surface area (Å²) in [5.41, 5.74) is -0.922. The number of rotatable bonds is 5. The number of carboxylic acids is 1. The molecule has 104 valence electrons. The third kappa shape index (κ3) is 3.02. The zero-order valence-corrected chi connectivity index (χ0v) is 11.4. The predicted octanol–water partition coefficient (Wildman–Crippen LogP) is 1.51. The molecule has 1 aliphatic heterocycles. The highest BCUT2D eigenvalue weighted by atomic mass is 16.5. The standard InChI is InChI=1S/C13H23NO4/c1-4-13(5-2,12(16)17)8-11(15)14-6-7-18-9-10(14)3/h10H,4-9H2,1-3H3,(H,16,17). The highest BCUT2D eigenvalue weighted by Crippen LogP contribution is 2.32. The number of ether oxygens (including phenoxy) is 1. The number of amides is 1. The zero-order chi connectivity index (χ0) is 13.8. The van der Waals surface area contributed by atoms with Crippen molar-refractivity contribution in [2.24, 2.45) is 5.41 Å². The molecule has 1 aliphatic rings. The van der Waals surface area contributed by atoms with E-state index in [1.807, 2.05) is 20.8 Å². The summed E-state index contributed by atoms with van der Waals surface area (Å²) < 4.78 is 5.28. The van der Waals surface area contributed by atoms with E-state index in [0.717, 1.165) is 0 Å².